The van der Waals surface area contributed by atoms with Gasteiger partial charge < -0.3 is 15.8 Å². The Morgan fingerprint density at radius 1 is 1.17 bits per heavy atom. The molecule has 29 heavy (non-hydrogen) atoms. The van der Waals surface area contributed by atoms with Gasteiger partial charge in [-0.05, 0) is 30.2 Å². The highest BCUT2D eigenvalue weighted by atomic mass is 16.5. The molecule has 0 unspecified atom stereocenters. The Hall–Kier alpha value is -3.68. The lowest BCUT2D eigenvalue weighted by molar-refractivity contribution is 0.0995. The first-order chi connectivity index (χ1) is 13.8. The molecule has 0 aliphatic carbocycles. The van der Waals surface area contributed by atoms with E-state index in [2.05, 4.69) is 10.4 Å². The van der Waals surface area contributed by atoms with Crippen LogP contribution in [0.25, 0.3) is 10.8 Å². The summed E-state index contributed by atoms with van der Waals surface area (Å²) in [4.78, 5) is 37.3. The van der Waals surface area contributed by atoms with Crippen LogP contribution in [0.3, 0.4) is 0 Å². The number of ether oxygens (including phenoxy) is 1. The van der Waals surface area contributed by atoms with E-state index in [4.69, 9.17) is 10.5 Å². The fourth-order valence-corrected chi connectivity index (χ4v) is 3.01. The smallest absolute Gasteiger partial charge is 0.276 e. The molecule has 0 radical (unpaired) electrons. The van der Waals surface area contributed by atoms with Crippen LogP contribution in [-0.4, -0.2) is 28.7 Å². The lowest BCUT2D eigenvalue weighted by Gasteiger charge is -2.14. The van der Waals surface area contributed by atoms with Crippen LogP contribution < -0.4 is 21.3 Å². The molecule has 0 aliphatic heterocycles. The van der Waals surface area contributed by atoms with E-state index in [0.29, 0.717) is 23.1 Å². The van der Waals surface area contributed by atoms with E-state index in [1.165, 1.54) is 23.9 Å². The van der Waals surface area contributed by atoms with E-state index in [1.807, 2.05) is 13.8 Å². The SMILES string of the molecule is COc1ccc(C(N)=O)cc1NC(=O)c1nn(CC(C)C)c(=O)c2ccccc12. The lowest BCUT2D eigenvalue weighted by atomic mass is 10.1. The van der Waals surface area contributed by atoms with E-state index in [1.54, 1.807) is 30.3 Å². The molecule has 0 saturated heterocycles. The molecule has 3 aromatic rings. The van der Waals surface area contributed by atoms with Crippen LogP contribution in [0.2, 0.25) is 0 Å². The molecule has 8 heteroatoms. The number of fused-ring (bicyclic) bond motifs is 1. The van der Waals surface area contributed by atoms with Crippen molar-refractivity contribution in [1.29, 1.82) is 0 Å². The molecule has 0 spiro atoms. The number of benzene rings is 2. The van der Waals surface area contributed by atoms with Gasteiger partial charge in [0.2, 0.25) is 5.91 Å². The van der Waals surface area contributed by atoms with E-state index < -0.39 is 11.8 Å². The van der Waals surface area contributed by atoms with Gasteiger partial charge in [-0.15, -0.1) is 0 Å². The van der Waals surface area contributed by atoms with Crippen molar-refractivity contribution >= 4 is 28.3 Å². The van der Waals surface area contributed by atoms with Gasteiger partial charge in [-0.2, -0.15) is 5.10 Å². The molecule has 150 valence electrons. The van der Waals surface area contributed by atoms with Crippen molar-refractivity contribution in [1.82, 2.24) is 9.78 Å². The van der Waals surface area contributed by atoms with Crippen LogP contribution in [0.5, 0.6) is 5.75 Å². The van der Waals surface area contributed by atoms with Gasteiger partial charge in [-0.3, -0.25) is 14.4 Å². The van der Waals surface area contributed by atoms with Crippen LogP contribution in [0.4, 0.5) is 5.69 Å². The summed E-state index contributed by atoms with van der Waals surface area (Å²) in [6.07, 6.45) is 0. The number of anilines is 1. The fraction of sp³-hybridized carbons (Fsp3) is 0.238. The van der Waals surface area contributed by atoms with Gasteiger partial charge in [0.25, 0.3) is 11.5 Å². The van der Waals surface area contributed by atoms with Crippen LogP contribution in [-0.2, 0) is 6.54 Å². The van der Waals surface area contributed by atoms with E-state index >= 15 is 0 Å². The summed E-state index contributed by atoms with van der Waals surface area (Å²) in [5.41, 5.74) is 5.69. The minimum atomic E-state index is -0.628. The third-order valence-electron chi connectivity index (χ3n) is 4.35. The first-order valence-corrected chi connectivity index (χ1v) is 9.11. The van der Waals surface area contributed by atoms with Crippen molar-refractivity contribution in [2.45, 2.75) is 20.4 Å². The average Bonchev–Trinajstić information content (AvgIpc) is 2.69. The molecule has 0 aliphatic rings. The number of aromatic nitrogens is 2. The summed E-state index contributed by atoms with van der Waals surface area (Å²) in [6, 6.07) is 11.3. The predicted octanol–water partition coefficient (Wildman–Crippen LogP) is 2.41. The lowest BCUT2D eigenvalue weighted by Crippen LogP contribution is -2.29. The highest BCUT2D eigenvalue weighted by Gasteiger charge is 2.19. The van der Waals surface area contributed by atoms with Gasteiger partial charge in [-0.1, -0.05) is 32.0 Å². The minimum Gasteiger partial charge on any atom is -0.495 e. The second-order valence-corrected chi connectivity index (χ2v) is 7.01. The number of hydrogen-bond acceptors (Lipinski definition) is 5. The molecule has 1 aromatic heterocycles. The zero-order chi connectivity index (χ0) is 21.1. The quantitative estimate of drug-likeness (QED) is 0.666. The number of amides is 2. The molecule has 0 atom stereocenters. The van der Waals surface area contributed by atoms with Crippen molar-refractivity contribution in [3.05, 3.63) is 64.1 Å². The van der Waals surface area contributed by atoms with Crippen molar-refractivity contribution in [3.8, 4) is 5.75 Å². The first-order valence-electron chi connectivity index (χ1n) is 9.11. The summed E-state index contributed by atoms with van der Waals surface area (Å²) in [5, 5.41) is 7.88. The van der Waals surface area contributed by atoms with Gasteiger partial charge in [0.15, 0.2) is 5.69 Å². The number of carbonyl (C=O) groups excluding carboxylic acids is 2. The zero-order valence-corrected chi connectivity index (χ0v) is 16.4. The average molecular weight is 394 g/mol. The second-order valence-electron chi connectivity index (χ2n) is 7.01. The van der Waals surface area contributed by atoms with Gasteiger partial charge >= 0.3 is 0 Å². The Kier molecular flexibility index (Phi) is 5.63. The molecule has 1 heterocycles. The monoisotopic (exact) mass is 394 g/mol. The third kappa shape index (κ3) is 4.11. The fourth-order valence-electron chi connectivity index (χ4n) is 3.01. The summed E-state index contributed by atoms with van der Waals surface area (Å²) in [5.74, 6) is -0.622. The van der Waals surface area contributed by atoms with Gasteiger partial charge in [0.1, 0.15) is 5.75 Å². The van der Waals surface area contributed by atoms with Crippen LogP contribution >= 0.6 is 0 Å². The van der Waals surface area contributed by atoms with E-state index in [9.17, 15) is 14.4 Å². The van der Waals surface area contributed by atoms with Crippen molar-refractivity contribution in [3.63, 3.8) is 0 Å². The normalized spacial score (nSPS) is 10.9. The largest absolute Gasteiger partial charge is 0.495 e. The Labute approximate surface area is 167 Å². The molecule has 0 bridgehead atoms. The predicted molar refractivity (Wildman–Crippen MR) is 110 cm³/mol. The summed E-state index contributed by atoms with van der Waals surface area (Å²) < 4.78 is 6.56. The maximum atomic E-state index is 13.1. The van der Waals surface area contributed by atoms with Gasteiger partial charge in [0, 0.05) is 17.5 Å². The maximum Gasteiger partial charge on any atom is 0.276 e. The Morgan fingerprint density at radius 2 is 1.86 bits per heavy atom. The first kappa shape index (κ1) is 20.1. The third-order valence-corrected chi connectivity index (χ3v) is 4.35. The number of rotatable bonds is 6. The number of nitrogens with one attached hydrogen (secondary N) is 1. The Bertz CT molecular complexity index is 1150. The second kappa shape index (κ2) is 8.14. The molecule has 2 amide bonds. The van der Waals surface area contributed by atoms with E-state index in [-0.39, 0.29) is 28.4 Å². The Morgan fingerprint density at radius 3 is 2.48 bits per heavy atom. The number of nitrogens with zero attached hydrogens (tertiary/aromatic N) is 2. The number of methoxy groups -OCH3 is 1. The summed E-state index contributed by atoms with van der Waals surface area (Å²) >= 11 is 0. The Balaban J connectivity index is 2.10. The molecular formula is C21H22N4O4. The number of primary amides is 1. The minimum absolute atomic E-state index is 0.104. The summed E-state index contributed by atoms with van der Waals surface area (Å²) in [6.45, 7) is 4.30. The van der Waals surface area contributed by atoms with Gasteiger partial charge in [-0.25, -0.2) is 4.68 Å². The van der Waals surface area contributed by atoms with Crippen molar-refractivity contribution in [2.75, 3.05) is 12.4 Å². The number of nitrogens with two attached hydrogens (primary N) is 1. The molecule has 0 fully saturated rings. The topological polar surface area (TPSA) is 116 Å². The molecule has 8 nitrogen and oxygen atoms in total. The van der Waals surface area contributed by atoms with Gasteiger partial charge in [0.05, 0.1) is 18.2 Å². The van der Waals surface area contributed by atoms with Crippen LogP contribution in [0, 0.1) is 5.92 Å². The van der Waals surface area contributed by atoms with E-state index in [0.717, 1.165) is 0 Å². The van der Waals surface area contributed by atoms with Crippen molar-refractivity contribution in [2.24, 2.45) is 11.7 Å². The standard InChI is InChI=1S/C21H22N4O4/c1-12(2)11-25-21(28)15-7-5-4-6-14(15)18(24-25)20(27)23-16-10-13(19(22)26)8-9-17(16)29-3/h4-10,12H,11H2,1-3H3,(H2,22,26)(H,23,27). The molecular weight excluding hydrogens is 372 g/mol. The maximum absolute atomic E-state index is 13.1. The van der Waals surface area contributed by atoms with Crippen molar-refractivity contribution < 1.29 is 14.3 Å². The van der Waals surface area contributed by atoms with Crippen LogP contribution in [0.1, 0.15) is 34.7 Å². The molecule has 3 N–H and O–H groups in total. The highest BCUT2D eigenvalue weighted by Crippen LogP contribution is 2.26. The number of hydrogen-bond donors (Lipinski definition) is 2. The zero-order valence-electron chi connectivity index (χ0n) is 16.4. The molecule has 0 saturated carbocycles. The molecule has 2 aromatic carbocycles. The summed E-state index contributed by atoms with van der Waals surface area (Å²) in [7, 11) is 1.45. The number of carbonyl (C=O) groups is 2. The van der Waals surface area contributed by atoms with Crippen LogP contribution in [0.15, 0.2) is 47.3 Å². The highest BCUT2D eigenvalue weighted by molar-refractivity contribution is 6.11. The molecule has 3 rings (SSSR count).